The quantitative estimate of drug-likeness (QED) is 0.352. The maximum atomic E-state index is 12.4. The lowest BCUT2D eigenvalue weighted by Crippen LogP contribution is -2.48. The summed E-state index contributed by atoms with van der Waals surface area (Å²) >= 11 is 29.4. The highest BCUT2D eigenvalue weighted by molar-refractivity contribution is 6.50. The number of anilines is 1. The van der Waals surface area contributed by atoms with Gasteiger partial charge in [0.05, 0.1) is 22.0 Å². The molecule has 0 bridgehead atoms. The van der Waals surface area contributed by atoms with Crippen LogP contribution in [-0.4, -0.2) is 40.5 Å². The van der Waals surface area contributed by atoms with E-state index in [4.69, 9.17) is 62.7 Å². The number of ether oxygens (including phenoxy) is 1. The molecule has 0 aliphatic heterocycles. The number of likely N-dealkylation sites (N-methyl/N-ethyl adjacent to an activating group) is 1. The minimum Gasteiger partial charge on any atom is -0.411 e. The SMILES string of the molecule is CN(C(=O)OC(Cl)(Cl)CCl)C1CCCCCC1Nc1ccc(Cl)c(Cl)c1.Cl. The fourth-order valence-corrected chi connectivity index (χ4v) is 3.57. The van der Waals surface area contributed by atoms with E-state index in [2.05, 4.69) is 5.32 Å². The smallest absolute Gasteiger partial charge is 0.411 e. The van der Waals surface area contributed by atoms with Crippen molar-refractivity contribution in [1.82, 2.24) is 4.90 Å². The average Bonchev–Trinajstić information content (AvgIpc) is 2.82. The summed E-state index contributed by atoms with van der Waals surface area (Å²) in [5.41, 5.74) is 0.850. The molecule has 0 heterocycles. The molecule has 1 aromatic carbocycles. The van der Waals surface area contributed by atoms with Crippen molar-refractivity contribution in [3.8, 4) is 0 Å². The molecule has 154 valence electrons. The number of hydrogen-bond donors (Lipinski definition) is 1. The monoisotopic (exact) mass is 496 g/mol. The average molecular weight is 499 g/mol. The van der Waals surface area contributed by atoms with E-state index in [1.54, 1.807) is 19.2 Å². The lowest BCUT2D eigenvalue weighted by atomic mass is 10.0. The fourth-order valence-electron chi connectivity index (χ4n) is 3.08. The molecule has 2 rings (SSSR count). The molecule has 1 aliphatic carbocycles. The van der Waals surface area contributed by atoms with Crippen LogP contribution < -0.4 is 5.32 Å². The molecule has 10 heteroatoms. The molecule has 1 aliphatic rings. The van der Waals surface area contributed by atoms with Gasteiger partial charge in [-0.25, -0.2) is 4.79 Å². The minimum absolute atomic E-state index is 0. The van der Waals surface area contributed by atoms with Crippen molar-refractivity contribution in [2.24, 2.45) is 0 Å². The van der Waals surface area contributed by atoms with Crippen LogP contribution in [0.2, 0.25) is 10.0 Å². The topological polar surface area (TPSA) is 41.6 Å². The predicted molar refractivity (Wildman–Crippen MR) is 117 cm³/mol. The van der Waals surface area contributed by atoms with Crippen LogP contribution in [0.5, 0.6) is 0 Å². The van der Waals surface area contributed by atoms with E-state index in [0.29, 0.717) is 10.0 Å². The third kappa shape index (κ3) is 7.41. The van der Waals surface area contributed by atoms with Gasteiger partial charge in [-0.1, -0.05) is 65.7 Å². The first kappa shape index (κ1) is 25.1. The molecular formula is C17H22Cl6N2O2. The van der Waals surface area contributed by atoms with Crippen LogP contribution in [0.4, 0.5) is 10.5 Å². The van der Waals surface area contributed by atoms with Crippen LogP contribution in [0.25, 0.3) is 0 Å². The molecule has 1 aromatic rings. The summed E-state index contributed by atoms with van der Waals surface area (Å²) in [6.07, 6.45) is 4.33. The van der Waals surface area contributed by atoms with E-state index in [1.807, 2.05) is 6.07 Å². The summed E-state index contributed by atoms with van der Waals surface area (Å²) in [4.78, 5) is 14.0. The number of amides is 1. The number of nitrogens with one attached hydrogen (secondary N) is 1. The normalized spacial score (nSPS) is 20.2. The molecular weight excluding hydrogens is 477 g/mol. The summed E-state index contributed by atoms with van der Waals surface area (Å²) in [5, 5.41) is 4.44. The van der Waals surface area contributed by atoms with Gasteiger partial charge in [-0.15, -0.1) is 24.0 Å². The first-order chi connectivity index (χ1) is 12.2. The van der Waals surface area contributed by atoms with Crippen molar-refractivity contribution < 1.29 is 9.53 Å². The summed E-state index contributed by atoms with van der Waals surface area (Å²) in [6, 6.07) is 5.33. The Kier molecular flexibility index (Phi) is 10.5. The molecule has 0 aromatic heterocycles. The standard InChI is InChI=1S/C17H21Cl5N2O2.ClH/c1-24(16(25)26-17(21,22)10-18)15-6-4-2-3-5-14(15)23-11-7-8-12(19)13(20)9-11;/h7-9,14-15,23H,2-6,10H2,1H3;1H. The number of alkyl halides is 3. The van der Waals surface area contributed by atoms with Gasteiger partial charge in [0.15, 0.2) is 0 Å². The highest BCUT2D eigenvalue weighted by Gasteiger charge is 2.35. The lowest BCUT2D eigenvalue weighted by Gasteiger charge is -2.35. The maximum Gasteiger partial charge on any atom is 0.412 e. The van der Waals surface area contributed by atoms with Crippen molar-refractivity contribution in [3.63, 3.8) is 0 Å². The van der Waals surface area contributed by atoms with Crippen molar-refractivity contribution in [2.75, 3.05) is 18.2 Å². The number of halogens is 6. The molecule has 0 saturated heterocycles. The molecule has 1 N–H and O–H groups in total. The van der Waals surface area contributed by atoms with Gasteiger partial charge < -0.3 is 15.0 Å². The lowest BCUT2D eigenvalue weighted by molar-refractivity contribution is 0.0745. The molecule has 0 spiro atoms. The van der Waals surface area contributed by atoms with Crippen molar-refractivity contribution >= 4 is 82.2 Å². The van der Waals surface area contributed by atoms with E-state index in [-0.39, 0.29) is 30.4 Å². The zero-order valence-corrected chi connectivity index (χ0v) is 19.3. The third-order valence-corrected chi connectivity index (χ3v) is 6.24. The van der Waals surface area contributed by atoms with Gasteiger partial charge >= 0.3 is 6.09 Å². The van der Waals surface area contributed by atoms with Crippen LogP contribution in [-0.2, 0) is 4.74 Å². The van der Waals surface area contributed by atoms with Crippen LogP contribution >= 0.6 is 70.4 Å². The molecule has 1 saturated carbocycles. The van der Waals surface area contributed by atoms with Crippen molar-refractivity contribution in [2.45, 2.75) is 48.7 Å². The Morgan fingerprint density at radius 1 is 1.22 bits per heavy atom. The van der Waals surface area contributed by atoms with Crippen molar-refractivity contribution in [1.29, 1.82) is 0 Å². The Balaban J connectivity index is 0.00000364. The number of rotatable bonds is 5. The predicted octanol–water partition coefficient (Wildman–Crippen LogP) is 6.97. The van der Waals surface area contributed by atoms with E-state index < -0.39 is 10.6 Å². The summed E-state index contributed by atoms with van der Waals surface area (Å²) in [7, 11) is 1.68. The van der Waals surface area contributed by atoms with E-state index in [9.17, 15) is 4.79 Å². The second kappa shape index (κ2) is 11.3. The summed E-state index contributed by atoms with van der Waals surface area (Å²) < 4.78 is 3.35. The van der Waals surface area contributed by atoms with Gasteiger partial charge in [-0.3, -0.25) is 0 Å². The Labute approximate surface area is 191 Å². The van der Waals surface area contributed by atoms with Gasteiger partial charge in [0.1, 0.15) is 0 Å². The van der Waals surface area contributed by atoms with E-state index in [0.717, 1.165) is 37.8 Å². The first-order valence-corrected chi connectivity index (χ1v) is 10.4. The number of benzene rings is 1. The molecule has 1 amide bonds. The third-order valence-electron chi connectivity index (χ3n) is 4.43. The second-order valence-corrected chi connectivity index (χ2v) is 8.83. The van der Waals surface area contributed by atoms with Crippen LogP contribution in [0.15, 0.2) is 18.2 Å². The molecule has 2 unspecified atom stereocenters. The second-order valence-electron chi connectivity index (χ2n) is 6.33. The number of nitrogens with zero attached hydrogens (tertiary/aromatic N) is 1. The Morgan fingerprint density at radius 2 is 1.89 bits per heavy atom. The number of hydrogen-bond acceptors (Lipinski definition) is 3. The Morgan fingerprint density at radius 3 is 2.52 bits per heavy atom. The molecule has 0 radical (unpaired) electrons. The zero-order valence-electron chi connectivity index (χ0n) is 14.7. The highest BCUT2D eigenvalue weighted by atomic mass is 35.5. The van der Waals surface area contributed by atoms with Gasteiger partial charge in [-0.05, 0) is 31.0 Å². The van der Waals surface area contributed by atoms with E-state index in [1.165, 1.54) is 4.90 Å². The minimum atomic E-state index is -1.75. The molecule has 27 heavy (non-hydrogen) atoms. The summed E-state index contributed by atoms with van der Waals surface area (Å²) in [6.45, 7) is 0. The van der Waals surface area contributed by atoms with Gasteiger partial charge in [0.2, 0.25) is 0 Å². The first-order valence-electron chi connectivity index (χ1n) is 8.34. The van der Waals surface area contributed by atoms with Gasteiger partial charge in [-0.2, -0.15) is 0 Å². The van der Waals surface area contributed by atoms with Crippen molar-refractivity contribution in [3.05, 3.63) is 28.2 Å². The highest BCUT2D eigenvalue weighted by Crippen LogP contribution is 2.30. The molecule has 2 atom stereocenters. The van der Waals surface area contributed by atoms with Crippen LogP contribution in [0.1, 0.15) is 32.1 Å². The largest absolute Gasteiger partial charge is 0.412 e. The van der Waals surface area contributed by atoms with Crippen LogP contribution in [0.3, 0.4) is 0 Å². The van der Waals surface area contributed by atoms with Gasteiger partial charge in [0, 0.05) is 18.8 Å². The maximum absolute atomic E-state index is 12.4. The van der Waals surface area contributed by atoms with Gasteiger partial charge in [0.25, 0.3) is 4.52 Å². The molecule has 4 nitrogen and oxygen atoms in total. The number of carbonyl (C=O) groups excluding carboxylic acids is 1. The number of carbonyl (C=O) groups is 1. The Hall–Kier alpha value is 0.0300. The van der Waals surface area contributed by atoms with E-state index >= 15 is 0 Å². The Bertz CT molecular complexity index is 631. The molecule has 1 fully saturated rings. The fraction of sp³-hybridized carbons (Fsp3) is 0.588. The van der Waals surface area contributed by atoms with Crippen LogP contribution in [0, 0.1) is 0 Å². The summed E-state index contributed by atoms with van der Waals surface area (Å²) in [5.74, 6) is -0.217. The zero-order chi connectivity index (χ0) is 19.3.